The molecule has 0 unspecified atom stereocenters. The molecular weight excluding hydrogens is 662 g/mol. The van der Waals surface area contributed by atoms with Crippen molar-refractivity contribution in [3.05, 3.63) is 115 Å². The number of nitrogens with zero attached hydrogens (tertiary/aromatic N) is 6. The zero-order chi connectivity index (χ0) is 35.6. The number of likely N-dealkylation sites (tertiary alicyclic amines) is 1. The Bertz CT molecular complexity index is 2220. The Morgan fingerprint density at radius 2 is 1.62 bits per heavy atom. The highest BCUT2D eigenvalue weighted by Gasteiger charge is 2.26. The van der Waals surface area contributed by atoms with Gasteiger partial charge in [0.05, 0.1) is 22.8 Å². The molecule has 0 spiro atoms. The number of pyridine rings is 1. The van der Waals surface area contributed by atoms with Gasteiger partial charge in [0, 0.05) is 54.4 Å². The maximum atomic E-state index is 14.3. The number of aromatic nitrogens is 4. The fourth-order valence-corrected chi connectivity index (χ4v) is 7.32. The van der Waals surface area contributed by atoms with Crippen molar-refractivity contribution >= 4 is 34.6 Å². The second-order valence-corrected chi connectivity index (χ2v) is 13.3. The SMILES string of the molecule is O=C(Nc1c(F)cccc1F)c1cccc(-c2nc3ccccn3c2-c2ccnc(Nc3ccc(N4CCC(N5CCCCC5)CC4)cc3O)n2)c1. The van der Waals surface area contributed by atoms with Crippen LogP contribution in [-0.2, 0) is 0 Å². The summed E-state index contributed by atoms with van der Waals surface area (Å²) in [4.78, 5) is 32.2. The molecule has 5 heterocycles. The summed E-state index contributed by atoms with van der Waals surface area (Å²) in [5, 5.41) is 16.6. The number of nitrogens with one attached hydrogen (secondary N) is 2. The van der Waals surface area contributed by atoms with Crippen molar-refractivity contribution < 1.29 is 18.7 Å². The number of carbonyl (C=O) groups is 1. The summed E-state index contributed by atoms with van der Waals surface area (Å²) in [6, 6.07) is 23.8. The van der Waals surface area contributed by atoms with Crippen molar-refractivity contribution in [3.63, 3.8) is 0 Å². The van der Waals surface area contributed by atoms with E-state index in [0.29, 0.717) is 40.0 Å². The molecule has 0 atom stereocenters. The number of rotatable bonds is 8. The molecule has 0 saturated carbocycles. The van der Waals surface area contributed by atoms with E-state index in [-0.39, 0.29) is 17.3 Å². The normalized spacial score (nSPS) is 15.5. The molecule has 3 aromatic carbocycles. The van der Waals surface area contributed by atoms with E-state index in [1.54, 1.807) is 36.5 Å². The summed E-state index contributed by atoms with van der Waals surface area (Å²) in [5.74, 6) is -2.02. The van der Waals surface area contributed by atoms with E-state index in [4.69, 9.17) is 9.97 Å². The molecule has 0 bridgehead atoms. The van der Waals surface area contributed by atoms with Gasteiger partial charge in [0.25, 0.3) is 5.91 Å². The van der Waals surface area contributed by atoms with Gasteiger partial charge in [-0.2, -0.15) is 0 Å². The fourth-order valence-electron chi connectivity index (χ4n) is 7.32. The molecule has 2 aliphatic rings. The summed E-state index contributed by atoms with van der Waals surface area (Å²) < 4.78 is 30.5. The van der Waals surface area contributed by atoms with Gasteiger partial charge in [0.1, 0.15) is 28.7 Å². The van der Waals surface area contributed by atoms with Gasteiger partial charge < -0.3 is 25.5 Å². The number of phenolic OH excluding ortho intramolecular Hbond substituents is 1. The third-order valence-corrected chi connectivity index (χ3v) is 9.99. The monoisotopic (exact) mass is 700 g/mol. The van der Waals surface area contributed by atoms with Gasteiger partial charge in [0.2, 0.25) is 5.95 Å². The van der Waals surface area contributed by atoms with Crippen molar-refractivity contribution in [1.82, 2.24) is 24.3 Å². The molecule has 2 fully saturated rings. The van der Waals surface area contributed by atoms with Crippen molar-refractivity contribution in [2.75, 3.05) is 41.7 Å². The molecule has 3 N–H and O–H groups in total. The van der Waals surface area contributed by atoms with Crippen molar-refractivity contribution in [3.8, 4) is 28.4 Å². The number of halogens is 2. The number of carbonyl (C=O) groups excluding carboxylic acids is 1. The highest BCUT2D eigenvalue weighted by molar-refractivity contribution is 6.05. The predicted molar refractivity (Wildman–Crippen MR) is 198 cm³/mol. The smallest absolute Gasteiger partial charge is 0.255 e. The summed E-state index contributed by atoms with van der Waals surface area (Å²) in [6.45, 7) is 4.33. The molecule has 264 valence electrons. The van der Waals surface area contributed by atoms with E-state index in [2.05, 4.69) is 25.4 Å². The second-order valence-electron chi connectivity index (χ2n) is 13.3. The van der Waals surface area contributed by atoms with Crippen LogP contribution in [0.3, 0.4) is 0 Å². The molecular formula is C40H38F2N8O2. The lowest BCUT2D eigenvalue weighted by atomic mass is 9.99. The lowest BCUT2D eigenvalue weighted by Gasteiger charge is -2.41. The standard InChI is InChI=1S/C40H38F2N8O2/c41-30-10-7-11-31(42)37(30)47-39(52)27-9-6-8-26(24-27)36-38(50-21-5-2-12-35(50)46-36)33-15-18-43-40(45-33)44-32-14-13-29(25-34(32)51)49-22-16-28(17-23-49)48-19-3-1-4-20-48/h2,5-15,18,21,24-25,28,51H,1,3-4,16-17,19-20,22-23H2,(H,47,52)(H,43,44,45). The minimum atomic E-state index is -0.868. The highest BCUT2D eigenvalue weighted by Crippen LogP contribution is 2.35. The maximum absolute atomic E-state index is 14.3. The van der Waals surface area contributed by atoms with Gasteiger partial charge in [-0.3, -0.25) is 9.20 Å². The Morgan fingerprint density at radius 3 is 2.40 bits per heavy atom. The number of hydrogen-bond acceptors (Lipinski definition) is 8. The van der Waals surface area contributed by atoms with Crippen LogP contribution in [0.4, 0.5) is 31.8 Å². The summed E-state index contributed by atoms with van der Waals surface area (Å²) in [5.41, 5.74) is 4.12. The molecule has 12 heteroatoms. The molecule has 10 nitrogen and oxygen atoms in total. The van der Waals surface area contributed by atoms with Gasteiger partial charge in [-0.15, -0.1) is 0 Å². The number of fused-ring (bicyclic) bond motifs is 1. The Hall–Kier alpha value is -5.88. The largest absolute Gasteiger partial charge is 0.506 e. The number of piperidine rings is 2. The molecule has 2 saturated heterocycles. The van der Waals surface area contributed by atoms with Crippen LogP contribution < -0.4 is 15.5 Å². The van der Waals surface area contributed by atoms with E-state index in [0.717, 1.165) is 43.8 Å². The number of benzene rings is 3. The summed E-state index contributed by atoms with van der Waals surface area (Å²) in [6.07, 6.45) is 9.68. The summed E-state index contributed by atoms with van der Waals surface area (Å²) >= 11 is 0. The van der Waals surface area contributed by atoms with Crippen LogP contribution in [0.1, 0.15) is 42.5 Å². The number of anilines is 4. The molecule has 52 heavy (non-hydrogen) atoms. The van der Waals surface area contributed by atoms with Crippen LogP contribution in [0.15, 0.2) is 97.3 Å². The van der Waals surface area contributed by atoms with E-state index < -0.39 is 23.2 Å². The molecule has 0 radical (unpaired) electrons. The lowest BCUT2D eigenvalue weighted by molar-refractivity contribution is 0.102. The Balaban J connectivity index is 1.04. The van der Waals surface area contributed by atoms with Gasteiger partial charge in [-0.25, -0.2) is 23.7 Å². The minimum absolute atomic E-state index is 0.102. The Morgan fingerprint density at radius 1 is 0.827 bits per heavy atom. The first-order valence-corrected chi connectivity index (χ1v) is 17.7. The van der Waals surface area contributed by atoms with Gasteiger partial charge in [-0.05, 0) is 93.4 Å². The van der Waals surface area contributed by atoms with Crippen LogP contribution >= 0.6 is 0 Å². The molecule has 0 aliphatic carbocycles. The first-order chi connectivity index (χ1) is 25.4. The molecule has 2 aliphatic heterocycles. The van der Waals surface area contributed by atoms with Crippen molar-refractivity contribution in [2.45, 2.75) is 38.1 Å². The van der Waals surface area contributed by atoms with Gasteiger partial charge in [0.15, 0.2) is 0 Å². The Labute approximate surface area is 299 Å². The molecule has 1 amide bonds. The predicted octanol–water partition coefficient (Wildman–Crippen LogP) is 7.89. The minimum Gasteiger partial charge on any atom is -0.506 e. The molecule has 8 rings (SSSR count). The fraction of sp³-hybridized carbons (Fsp3) is 0.250. The number of aromatic hydroxyl groups is 1. The second kappa shape index (κ2) is 14.4. The van der Waals surface area contributed by atoms with E-state index in [1.807, 2.05) is 47.0 Å². The van der Waals surface area contributed by atoms with Crippen molar-refractivity contribution in [2.24, 2.45) is 0 Å². The number of amides is 1. The topological polar surface area (TPSA) is 111 Å². The number of imidazole rings is 1. The third-order valence-electron chi connectivity index (χ3n) is 9.99. The van der Waals surface area contributed by atoms with Crippen LogP contribution in [0.2, 0.25) is 0 Å². The number of para-hydroxylation sites is 1. The van der Waals surface area contributed by atoms with E-state index in [1.165, 1.54) is 38.4 Å². The maximum Gasteiger partial charge on any atom is 0.255 e. The van der Waals surface area contributed by atoms with Gasteiger partial charge >= 0.3 is 0 Å². The first kappa shape index (κ1) is 33.3. The third kappa shape index (κ3) is 6.76. The zero-order valence-electron chi connectivity index (χ0n) is 28.5. The van der Waals surface area contributed by atoms with Crippen LogP contribution in [0.5, 0.6) is 5.75 Å². The Kier molecular flexibility index (Phi) is 9.21. The van der Waals surface area contributed by atoms with Crippen LogP contribution in [-0.4, -0.2) is 67.5 Å². The van der Waals surface area contributed by atoms with Crippen LogP contribution in [0.25, 0.3) is 28.3 Å². The summed E-state index contributed by atoms with van der Waals surface area (Å²) in [7, 11) is 0. The average Bonchev–Trinajstić information content (AvgIpc) is 3.58. The zero-order valence-corrected chi connectivity index (χ0v) is 28.5. The van der Waals surface area contributed by atoms with E-state index >= 15 is 0 Å². The molecule has 6 aromatic rings. The van der Waals surface area contributed by atoms with Crippen molar-refractivity contribution in [1.29, 1.82) is 0 Å². The lowest BCUT2D eigenvalue weighted by Crippen LogP contribution is -2.46. The number of phenols is 1. The highest BCUT2D eigenvalue weighted by atomic mass is 19.1. The number of hydrogen-bond donors (Lipinski definition) is 3. The van der Waals surface area contributed by atoms with E-state index in [9.17, 15) is 18.7 Å². The average molecular weight is 701 g/mol. The van der Waals surface area contributed by atoms with Crippen LogP contribution in [0, 0.1) is 11.6 Å². The quantitative estimate of drug-likeness (QED) is 0.138. The van der Waals surface area contributed by atoms with Gasteiger partial charge in [-0.1, -0.05) is 30.7 Å². The molecule has 3 aromatic heterocycles. The first-order valence-electron chi connectivity index (χ1n) is 17.7.